The lowest BCUT2D eigenvalue weighted by Gasteiger charge is -2.25. The molecule has 1 aliphatic carbocycles. The highest BCUT2D eigenvalue weighted by atomic mass is 35.5. The van der Waals surface area contributed by atoms with Gasteiger partial charge in [-0.1, -0.05) is 23.2 Å². The molecular weight excluding hydrogens is 313 g/mol. The number of amides is 1. The third-order valence-corrected chi connectivity index (χ3v) is 4.60. The fourth-order valence-electron chi connectivity index (χ4n) is 1.44. The van der Waals surface area contributed by atoms with Gasteiger partial charge in [-0.25, -0.2) is 4.79 Å². The van der Waals surface area contributed by atoms with E-state index in [1.165, 1.54) is 13.0 Å². The number of rotatable bonds is 5. The van der Waals surface area contributed by atoms with E-state index in [1.54, 1.807) is 6.08 Å². The minimum atomic E-state index is -1.14. The number of halogens is 2. The number of carbonyl (C=O) groups excluding carboxylic acids is 1. The quantitative estimate of drug-likeness (QED) is 0.709. The molecule has 0 saturated carbocycles. The molecular formula is C11H13Cl2NO4S. The predicted octanol–water partition coefficient (Wildman–Crippen LogP) is 1.30. The van der Waals surface area contributed by atoms with Crippen molar-refractivity contribution < 1.29 is 19.8 Å². The van der Waals surface area contributed by atoms with Crippen molar-refractivity contribution in [1.29, 1.82) is 0 Å². The third-order valence-electron chi connectivity index (χ3n) is 2.36. The number of thioether (sulfide) groups is 1. The Labute approximate surface area is 124 Å². The van der Waals surface area contributed by atoms with Crippen LogP contribution in [0.15, 0.2) is 22.2 Å². The number of aliphatic carboxylic acids is 1. The minimum Gasteiger partial charge on any atom is -0.480 e. The van der Waals surface area contributed by atoms with Crippen molar-refractivity contribution in [2.45, 2.75) is 24.3 Å². The second kappa shape index (κ2) is 7.19. The Morgan fingerprint density at radius 3 is 2.53 bits per heavy atom. The monoisotopic (exact) mass is 325 g/mol. The molecule has 3 atom stereocenters. The molecule has 0 fully saturated rings. The Balaban J connectivity index is 2.64. The summed E-state index contributed by atoms with van der Waals surface area (Å²) < 4.78 is 0. The number of allylic oxidation sites excluding steroid dienone is 2. The number of nitrogens with one attached hydrogen (secondary N) is 1. The normalized spacial score (nSPS) is 24.2. The molecule has 0 saturated heterocycles. The molecule has 0 aromatic rings. The highest BCUT2D eigenvalue weighted by molar-refractivity contribution is 8.00. The zero-order valence-electron chi connectivity index (χ0n) is 9.97. The van der Waals surface area contributed by atoms with E-state index < -0.39 is 29.3 Å². The summed E-state index contributed by atoms with van der Waals surface area (Å²) in [6.07, 6.45) is 2.08. The van der Waals surface area contributed by atoms with E-state index >= 15 is 0 Å². The summed E-state index contributed by atoms with van der Waals surface area (Å²) in [6, 6.07) is -1.04. The topological polar surface area (TPSA) is 86.6 Å². The Morgan fingerprint density at radius 2 is 2.00 bits per heavy atom. The molecule has 0 bridgehead atoms. The molecule has 8 heteroatoms. The summed E-state index contributed by atoms with van der Waals surface area (Å²) in [6.45, 7) is 1.24. The molecule has 1 rings (SSSR count). The summed E-state index contributed by atoms with van der Waals surface area (Å²) in [5, 5.41) is 21.2. The lowest BCUT2D eigenvalue weighted by Crippen LogP contribution is -2.42. The van der Waals surface area contributed by atoms with Crippen LogP contribution >= 0.6 is 35.0 Å². The smallest absolute Gasteiger partial charge is 0.327 e. The van der Waals surface area contributed by atoms with Crippen LogP contribution in [0.25, 0.3) is 0 Å². The fourth-order valence-corrected chi connectivity index (χ4v) is 3.27. The Hall–Kier alpha value is -0.690. The number of carbonyl (C=O) groups is 2. The van der Waals surface area contributed by atoms with Crippen molar-refractivity contribution in [1.82, 2.24) is 5.32 Å². The van der Waals surface area contributed by atoms with Crippen LogP contribution in [0.3, 0.4) is 0 Å². The summed E-state index contributed by atoms with van der Waals surface area (Å²) >= 11 is 12.9. The summed E-state index contributed by atoms with van der Waals surface area (Å²) in [7, 11) is 0. The molecule has 1 aliphatic rings. The van der Waals surface area contributed by atoms with E-state index in [2.05, 4.69) is 5.32 Å². The lowest BCUT2D eigenvalue weighted by molar-refractivity contribution is -0.140. The van der Waals surface area contributed by atoms with Gasteiger partial charge in [0.1, 0.15) is 12.1 Å². The van der Waals surface area contributed by atoms with Gasteiger partial charge in [0, 0.05) is 22.7 Å². The minimum absolute atomic E-state index is 0.0743. The summed E-state index contributed by atoms with van der Waals surface area (Å²) in [5.74, 6) is -1.50. The van der Waals surface area contributed by atoms with Gasteiger partial charge >= 0.3 is 5.97 Å². The Bertz CT molecular complexity index is 438. The van der Waals surface area contributed by atoms with Gasteiger partial charge in [0.25, 0.3) is 0 Å². The SMILES string of the molecule is CC(=O)N[C@@H](CSC1C(Cl)=CC=C(Cl)C1O)C(=O)O. The number of aliphatic hydroxyl groups is 1. The first kappa shape index (κ1) is 16.4. The van der Waals surface area contributed by atoms with Gasteiger partial charge in [0.15, 0.2) is 0 Å². The number of carboxylic acids is 1. The molecule has 0 spiro atoms. The second-order valence-electron chi connectivity index (χ2n) is 3.89. The van der Waals surface area contributed by atoms with Gasteiger partial charge < -0.3 is 15.5 Å². The molecule has 0 radical (unpaired) electrons. The second-order valence-corrected chi connectivity index (χ2v) is 5.94. The Morgan fingerprint density at radius 1 is 1.42 bits per heavy atom. The van der Waals surface area contributed by atoms with Gasteiger partial charge in [0.2, 0.25) is 5.91 Å². The molecule has 106 valence electrons. The molecule has 0 heterocycles. The Kier molecular flexibility index (Phi) is 6.19. The van der Waals surface area contributed by atoms with Gasteiger partial charge in [-0.2, -0.15) is 0 Å². The number of hydrogen-bond donors (Lipinski definition) is 3. The highest BCUT2D eigenvalue weighted by Crippen LogP contribution is 2.33. The average molecular weight is 326 g/mol. The van der Waals surface area contributed by atoms with E-state index in [0.29, 0.717) is 5.03 Å². The molecule has 2 unspecified atom stereocenters. The zero-order valence-corrected chi connectivity index (χ0v) is 12.3. The maximum absolute atomic E-state index is 11.0. The van der Waals surface area contributed by atoms with Crippen molar-refractivity contribution in [3.63, 3.8) is 0 Å². The highest BCUT2D eigenvalue weighted by Gasteiger charge is 2.30. The summed E-state index contributed by atoms with van der Waals surface area (Å²) in [4.78, 5) is 21.8. The molecule has 0 aromatic heterocycles. The third kappa shape index (κ3) is 4.72. The van der Waals surface area contributed by atoms with Crippen LogP contribution < -0.4 is 5.32 Å². The molecule has 5 nitrogen and oxygen atoms in total. The van der Waals surface area contributed by atoms with Gasteiger partial charge in [0.05, 0.1) is 5.25 Å². The van der Waals surface area contributed by atoms with E-state index in [0.717, 1.165) is 11.8 Å². The first-order valence-electron chi connectivity index (χ1n) is 5.35. The maximum atomic E-state index is 11.0. The summed E-state index contributed by atoms with van der Waals surface area (Å²) in [5.41, 5.74) is 0. The van der Waals surface area contributed by atoms with Crippen LogP contribution in [-0.4, -0.2) is 45.2 Å². The number of carboxylic acid groups (broad SMARTS) is 1. The van der Waals surface area contributed by atoms with E-state index in [9.17, 15) is 14.7 Å². The van der Waals surface area contributed by atoms with Gasteiger partial charge in [-0.15, -0.1) is 11.8 Å². The van der Waals surface area contributed by atoms with Crippen LogP contribution in [0.2, 0.25) is 0 Å². The molecule has 1 amide bonds. The first-order valence-corrected chi connectivity index (χ1v) is 7.15. The average Bonchev–Trinajstić information content (AvgIpc) is 2.32. The van der Waals surface area contributed by atoms with Gasteiger partial charge in [-0.05, 0) is 12.2 Å². The van der Waals surface area contributed by atoms with Crippen molar-refractivity contribution in [3.05, 3.63) is 22.2 Å². The lowest BCUT2D eigenvalue weighted by atomic mass is 10.1. The van der Waals surface area contributed by atoms with Crippen LogP contribution in [0, 0.1) is 0 Å². The van der Waals surface area contributed by atoms with E-state index in [4.69, 9.17) is 28.3 Å². The molecule has 0 aromatic carbocycles. The zero-order chi connectivity index (χ0) is 14.6. The maximum Gasteiger partial charge on any atom is 0.327 e. The standard InChI is InChI=1S/C11H13Cl2NO4S/c1-5(15)14-8(11(17)18)4-19-10-7(13)3-2-6(12)9(10)16/h2-3,8-10,16H,4H2,1H3,(H,14,15)(H,17,18)/t8-,9?,10?/m0/s1. The van der Waals surface area contributed by atoms with E-state index in [1.807, 2.05) is 0 Å². The van der Waals surface area contributed by atoms with Crippen LogP contribution in [-0.2, 0) is 9.59 Å². The fraction of sp³-hybridized carbons (Fsp3) is 0.455. The predicted molar refractivity (Wildman–Crippen MR) is 75.4 cm³/mol. The first-order chi connectivity index (χ1) is 8.82. The van der Waals surface area contributed by atoms with Gasteiger partial charge in [-0.3, -0.25) is 4.79 Å². The van der Waals surface area contributed by atoms with Crippen molar-refractivity contribution >= 4 is 46.8 Å². The van der Waals surface area contributed by atoms with Crippen LogP contribution in [0.1, 0.15) is 6.92 Å². The number of aliphatic hydroxyl groups excluding tert-OH is 1. The van der Waals surface area contributed by atoms with Crippen molar-refractivity contribution in [2.75, 3.05) is 5.75 Å². The molecule has 0 aliphatic heterocycles. The number of hydrogen-bond acceptors (Lipinski definition) is 4. The van der Waals surface area contributed by atoms with Crippen molar-refractivity contribution in [2.24, 2.45) is 0 Å². The van der Waals surface area contributed by atoms with Crippen LogP contribution in [0.5, 0.6) is 0 Å². The van der Waals surface area contributed by atoms with E-state index in [-0.39, 0.29) is 10.8 Å². The van der Waals surface area contributed by atoms with Crippen molar-refractivity contribution in [3.8, 4) is 0 Å². The van der Waals surface area contributed by atoms with Crippen LogP contribution in [0.4, 0.5) is 0 Å². The molecule has 3 N–H and O–H groups in total. The molecule has 19 heavy (non-hydrogen) atoms. The largest absolute Gasteiger partial charge is 0.480 e.